The molecule has 1 amide bonds. The summed E-state index contributed by atoms with van der Waals surface area (Å²) in [5.41, 5.74) is 1.65. The molecular formula is C18H23N5O2. The first-order valence-corrected chi connectivity index (χ1v) is 8.88. The lowest BCUT2D eigenvalue weighted by molar-refractivity contribution is 0.0912. The van der Waals surface area contributed by atoms with Gasteiger partial charge in [0.25, 0.3) is 5.91 Å². The molecule has 2 aliphatic carbocycles. The van der Waals surface area contributed by atoms with E-state index >= 15 is 0 Å². The Hall–Kier alpha value is -2.28. The van der Waals surface area contributed by atoms with E-state index in [0.29, 0.717) is 24.6 Å². The minimum atomic E-state index is -0.438. The smallest absolute Gasteiger partial charge is 0.269 e. The van der Waals surface area contributed by atoms with Crippen molar-refractivity contribution >= 4 is 5.91 Å². The second-order valence-electron chi connectivity index (χ2n) is 7.26. The van der Waals surface area contributed by atoms with Crippen LogP contribution in [0.2, 0.25) is 0 Å². The molecule has 25 heavy (non-hydrogen) atoms. The van der Waals surface area contributed by atoms with Crippen molar-refractivity contribution in [1.82, 2.24) is 25.1 Å². The number of aliphatic hydroxyl groups is 1. The van der Waals surface area contributed by atoms with E-state index < -0.39 is 6.10 Å². The molecule has 0 radical (unpaired) electrons. The molecule has 0 saturated heterocycles. The van der Waals surface area contributed by atoms with Crippen molar-refractivity contribution in [3.63, 3.8) is 0 Å². The van der Waals surface area contributed by atoms with Gasteiger partial charge in [-0.05, 0) is 43.2 Å². The number of carbonyl (C=O) groups excluding carboxylic acids is 1. The molecule has 2 aromatic heterocycles. The number of aromatic nitrogens is 4. The fourth-order valence-electron chi connectivity index (χ4n) is 3.71. The molecule has 132 valence electrons. The van der Waals surface area contributed by atoms with E-state index in [-0.39, 0.29) is 17.7 Å². The van der Waals surface area contributed by atoms with Gasteiger partial charge >= 0.3 is 0 Å². The minimum Gasteiger partial charge on any atom is -0.393 e. The minimum absolute atomic E-state index is 0.0244. The van der Waals surface area contributed by atoms with Gasteiger partial charge in [0.05, 0.1) is 6.10 Å². The Morgan fingerprint density at radius 1 is 1.32 bits per heavy atom. The summed E-state index contributed by atoms with van der Waals surface area (Å²) in [5, 5.41) is 21.3. The van der Waals surface area contributed by atoms with Crippen LogP contribution < -0.4 is 5.32 Å². The molecule has 2 fully saturated rings. The van der Waals surface area contributed by atoms with E-state index in [1.807, 2.05) is 17.7 Å². The molecule has 7 heteroatoms. The Balaban J connectivity index is 1.33. The lowest BCUT2D eigenvalue weighted by Crippen LogP contribution is -2.32. The van der Waals surface area contributed by atoms with Crippen molar-refractivity contribution in [2.24, 2.45) is 13.0 Å². The van der Waals surface area contributed by atoms with Gasteiger partial charge in [-0.15, -0.1) is 10.2 Å². The van der Waals surface area contributed by atoms with Crippen molar-refractivity contribution in [3.05, 3.63) is 41.7 Å². The second kappa shape index (κ2) is 6.55. The molecule has 2 aromatic rings. The van der Waals surface area contributed by atoms with Crippen molar-refractivity contribution in [3.8, 4) is 0 Å². The zero-order valence-corrected chi connectivity index (χ0v) is 14.3. The number of rotatable bonds is 5. The van der Waals surface area contributed by atoms with Gasteiger partial charge < -0.3 is 15.0 Å². The molecule has 2 N–H and O–H groups in total. The van der Waals surface area contributed by atoms with Crippen LogP contribution in [0.5, 0.6) is 0 Å². The van der Waals surface area contributed by atoms with Crippen LogP contribution in [0, 0.1) is 5.92 Å². The van der Waals surface area contributed by atoms with Crippen LogP contribution in [-0.2, 0) is 7.05 Å². The van der Waals surface area contributed by atoms with Crippen LogP contribution in [-0.4, -0.2) is 43.4 Å². The summed E-state index contributed by atoms with van der Waals surface area (Å²) >= 11 is 0. The quantitative estimate of drug-likeness (QED) is 0.857. The van der Waals surface area contributed by atoms with Gasteiger partial charge in [-0.2, -0.15) is 0 Å². The third kappa shape index (κ3) is 3.42. The van der Waals surface area contributed by atoms with Crippen LogP contribution in [0.4, 0.5) is 0 Å². The first-order valence-electron chi connectivity index (χ1n) is 8.88. The number of aliphatic hydroxyl groups excluding tert-OH is 1. The second-order valence-corrected chi connectivity index (χ2v) is 7.26. The Labute approximate surface area is 146 Å². The summed E-state index contributed by atoms with van der Waals surface area (Å²) in [6, 6.07) is 3.78. The van der Waals surface area contributed by atoms with Crippen molar-refractivity contribution in [2.45, 2.75) is 43.6 Å². The molecule has 0 bridgehead atoms. The maximum atomic E-state index is 12.3. The standard InChI is InChI=1S/C18H23N5O2/c1-23-10-21-22-17(23)13-6-14(16(24)7-13)9-20-18(25)15-5-4-12(8-19-15)11-2-3-11/h4-5,8,10-11,13-14,16,24H,2-3,6-7,9H2,1H3,(H,20,25)/t13-,14+,16+/m0/s1. The maximum Gasteiger partial charge on any atom is 0.269 e. The lowest BCUT2D eigenvalue weighted by atomic mass is 10.0. The fraction of sp³-hybridized carbons (Fsp3) is 0.556. The van der Waals surface area contributed by atoms with Gasteiger partial charge in [-0.3, -0.25) is 9.78 Å². The van der Waals surface area contributed by atoms with Gasteiger partial charge in [0.1, 0.15) is 17.8 Å². The van der Waals surface area contributed by atoms with Gasteiger partial charge in [-0.1, -0.05) is 6.07 Å². The summed E-state index contributed by atoms with van der Waals surface area (Å²) in [5.74, 6) is 1.55. The molecule has 0 unspecified atom stereocenters. The summed E-state index contributed by atoms with van der Waals surface area (Å²) in [4.78, 5) is 16.6. The third-order valence-electron chi connectivity index (χ3n) is 5.36. The van der Waals surface area contributed by atoms with Crippen LogP contribution in [0.15, 0.2) is 24.7 Å². The summed E-state index contributed by atoms with van der Waals surface area (Å²) in [6.45, 7) is 0.445. The van der Waals surface area contributed by atoms with Gasteiger partial charge in [-0.25, -0.2) is 0 Å². The van der Waals surface area contributed by atoms with E-state index in [1.54, 1.807) is 18.6 Å². The monoisotopic (exact) mass is 341 g/mol. The van der Waals surface area contributed by atoms with E-state index in [4.69, 9.17) is 0 Å². The van der Waals surface area contributed by atoms with Crippen molar-refractivity contribution in [2.75, 3.05) is 6.54 Å². The molecule has 2 heterocycles. The molecule has 7 nitrogen and oxygen atoms in total. The highest BCUT2D eigenvalue weighted by Gasteiger charge is 2.36. The Kier molecular flexibility index (Phi) is 4.25. The van der Waals surface area contributed by atoms with Crippen molar-refractivity contribution in [1.29, 1.82) is 0 Å². The first-order chi connectivity index (χ1) is 12.1. The molecule has 3 atom stereocenters. The van der Waals surface area contributed by atoms with E-state index in [2.05, 4.69) is 20.5 Å². The van der Waals surface area contributed by atoms with Crippen molar-refractivity contribution < 1.29 is 9.90 Å². The van der Waals surface area contributed by atoms with Crippen LogP contribution in [0.1, 0.15) is 59.4 Å². The summed E-state index contributed by atoms with van der Waals surface area (Å²) in [6.07, 6.45) is 6.93. The Bertz CT molecular complexity index is 753. The average molecular weight is 341 g/mol. The number of pyridine rings is 1. The number of hydrogen-bond donors (Lipinski definition) is 2. The zero-order chi connectivity index (χ0) is 17.4. The number of nitrogens with zero attached hydrogens (tertiary/aromatic N) is 4. The topological polar surface area (TPSA) is 92.9 Å². The highest BCUT2D eigenvalue weighted by atomic mass is 16.3. The van der Waals surface area contributed by atoms with Gasteiger partial charge in [0, 0.05) is 31.6 Å². The first kappa shape index (κ1) is 16.2. The summed E-state index contributed by atoms with van der Waals surface area (Å²) in [7, 11) is 1.91. The third-order valence-corrected chi connectivity index (χ3v) is 5.36. The highest BCUT2D eigenvalue weighted by Crippen LogP contribution is 2.39. The van der Waals surface area contributed by atoms with E-state index in [0.717, 1.165) is 12.2 Å². The van der Waals surface area contributed by atoms with Gasteiger partial charge in [0.2, 0.25) is 0 Å². The number of carbonyl (C=O) groups is 1. The Morgan fingerprint density at radius 3 is 2.80 bits per heavy atom. The molecular weight excluding hydrogens is 318 g/mol. The molecule has 2 saturated carbocycles. The van der Waals surface area contributed by atoms with Crippen LogP contribution in [0.3, 0.4) is 0 Å². The predicted molar refractivity (Wildman–Crippen MR) is 91.0 cm³/mol. The fourth-order valence-corrected chi connectivity index (χ4v) is 3.71. The molecule has 4 rings (SSSR count). The molecule has 0 spiro atoms. The number of nitrogens with one attached hydrogen (secondary N) is 1. The normalized spacial score (nSPS) is 25.9. The predicted octanol–water partition coefficient (Wildman–Crippen LogP) is 1.37. The Morgan fingerprint density at radius 2 is 2.16 bits per heavy atom. The van der Waals surface area contributed by atoms with E-state index in [9.17, 15) is 9.90 Å². The molecule has 2 aliphatic rings. The average Bonchev–Trinajstić information content (AvgIpc) is 3.28. The zero-order valence-electron chi connectivity index (χ0n) is 14.3. The van der Waals surface area contributed by atoms with Crippen LogP contribution in [0.25, 0.3) is 0 Å². The van der Waals surface area contributed by atoms with Crippen LogP contribution >= 0.6 is 0 Å². The maximum absolute atomic E-state index is 12.3. The molecule has 0 aliphatic heterocycles. The largest absolute Gasteiger partial charge is 0.393 e. The lowest BCUT2D eigenvalue weighted by Gasteiger charge is -2.15. The van der Waals surface area contributed by atoms with Gasteiger partial charge in [0.15, 0.2) is 0 Å². The molecule has 0 aromatic carbocycles. The number of amides is 1. The number of aryl methyl sites for hydroxylation is 1. The summed E-state index contributed by atoms with van der Waals surface area (Å²) < 4.78 is 1.89. The highest BCUT2D eigenvalue weighted by molar-refractivity contribution is 5.92. The number of hydrogen-bond acceptors (Lipinski definition) is 5. The SMILES string of the molecule is Cn1cnnc1[C@H]1C[C@H](CNC(=O)c2ccc(C3CC3)cn2)[C@H](O)C1. The van der Waals surface area contributed by atoms with E-state index in [1.165, 1.54) is 18.4 Å².